The maximum atomic E-state index is 14.2. The highest BCUT2D eigenvalue weighted by atomic mass is 19.4. The highest BCUT2D eigenvalue weighted by molar-refractivity contribution is 6.02. The number of rotatable bonds is 2. The Hall–Kier alpha value is -2.56. The molecule has 118 valence electrons. The lowest BCUT2D eigenvalue weighted by Gasteiger charge is -2.23. The Labute approximate surface area is 144 Å². The van der Waals surface area contributed by atoms with Crippen LogP contribution in [0.5, 0.6) is 0 Å². The fourth-order valence-electron chi connectivity index (χ4n) is 2.06. The van der Waals surface area contributed by atoms with Gasteiger partial charge in [0.2, 0.25) is 6.08 Å². The van der Waals surface area contributed by atoms with Crippen molar-refractivity contribution in [3.05, 3.63) is 59.9 Å². The highest BCUT2D eigenvalue weighted by Crippen LogP contribution is 2.42. The molecule has 0 aromatic heterocycles. The number of alkyl halides is 3. The van der Waals surface area contributed by atoms with Gasteiger partial charge in [0.1, 0.15) is 0 Å². The first kappa shape index (κ1) is 7.34. The summed E-state index contributed by atoms with van der Waals surface area (Å²) in [5.41, 5.74) is -1.44. The van der Waals surface area contributed by atoms with Crippen molar-refractivity contribution < 1.29 is 36.4 Å². The van der Waals surface area contributed by atoms with Gasteiger partial charge in [0.25, 0.3) is 0 Å². The average Bonchev–Trinajstić information content (AvgIpc) is 2.70. The zero-order valence-corrected chi connectivity index (χ0v) is 11.5. The van der Waals surface area contributed by atoms with Crippen molar-refractivity contribution in [2.75, 3.05) is 0 Å². The van der Waals surface area contributed by atoms with E-state index in [-0.39, 0.29) is 0 Å². The molecule has 0 aliphatic rings. The molecule has 0 radical (unpaired) electrons. The van der Waals surface area contributed by atoms with Gasteiger partial charge in [0.15, 0.2) is 0 Å². The summed E-state index contributed by atoms with van der Waals surface area (Å²) in [6.07, 6.45) is -10.0. The molecule has 3 rings (SSSR count). The molecule has 0 unspecified atom stereocenters. The van der Waals surface area contributed by atoms with Gasteiger partial charge in [0.05, 0.1) is 13.7 Å². The minimum Gasteiger partial charge on any atom is -0.448 e. The first-order valence-corrected chi connectivity index (χ1v) is 6.18. The van der Waals surface area contributed by atoms with Crippen molar-refractivity contribution in [3.8, 4) is 0 Å². The van der Waals surface area contributed by atoms with Crippen molar-refractivity contribution in [3.63, 3.8) is 0 Å². The van der Waals surface area contributed by atoms with Gasteiger partial charge >= 0.3 is 12.1 Å². The number of carbonyl (C=O) groups is 1. The first-order valence-electron chi connectivity index (χ1n) is 11.2. The quantitative estimate of drug-likeness (QED) is 0.480. The van der Waals surface area contributed by atoms with Gasteiger partial charge in [-0.3, -0.25) is 4.79 Å². The van der Waals surface area contributed by atoms with E-state index in [9.17, 15) is 18.0 Å². The molecule has 0 N–H and O–H groups in total. The molecule has 23 heavy (non-hydrogen) atoms. The zero-order valence-electron chi connectivity index (χ0n) is 21.5. The number of fused-ring (bicyclic) bond motifs is 2. The number of esters is 1. The van der Waals surface area contributed by atoms with Crippen LogP contribution in [0.4, 0.5) is 13.2 Å². The second kappa shape index (κ2) is 5.57. The summed E-state index contributed by atoms with van der Waals surface area (Å²) in [6, 6.07) is -8.87. The van der Waals surface area contributed by atoms with E-state index in [4.69, 9.17) is 13.7 Å². The van der Waals surface area contributed by atoms with Crippen LogP contribution in [0, 0.1) is 0 Å². The molecule has 3 aromatic rings. The standard InChI is InChI=1S/C18H13F3O2/c1-11(22)23-17(18(19,20)21)16-14-8-4-2-6-12(14)10-13-7-3-5-9-15(13)16/h2-10,17H,1H3/t17-/m0/s1/i2D,3D,4D,5D,6D,7D,8D,9D,10D,17D. The Morgan fingerprint density at radius 1 is 1.09 bits per heavy atom. The van der Waals surface area contributed by atoms with Crippen molar-refractivity contribution in [2.45, 2.75) is 19.2 Å². The minimum atomic E-state index is -5.71. The van der Waals surface area contributed by atoms with E-state index in [1.54, 1.807) is 0 Å². The summed E-state index contributed by atoms with van der Waals surface area (Å²) in [5, 5.41) is -3.67. The molecule has 0 heterocycles. The third-order valence-electron chi connectivity index (χ3n) is 2.86. The molecule has 0 spiro atoms. The molecule has 0 saturated carbocycles. The minimum absolute atomic E-state index is 0.572. The molecule has 0 aliphatic heterocycles. The van der Waals surface area contributed by atoms with E-state index >= 15 is 0 Å². The molecule has 0 saturated heterocycles. The maximum absolute atomic E-state index is 14.2. The molecule has 0 aliphatic carbocycles. The summed E-state index contributed by atoms with van der Waals surface area (Å²) in [4.78, 5) is 11.6. The number of halogens is 3. The molecule has 0 bridgehead atoms. The largest absolute Gasteiger partial charge is 0.448 e. The molecule has 5 heteroatoms. The van der Waals surface area contributed by atoms with Crippen molar-refractivity contribution in [1.82, 2.24) is 0 Å². The summed E-state index contributed by atoms with van der Waals surface area (Å²) in [7, 11) is 0. The molecular formula is C18H13F3O2. The molecule has 1 atom stereocenters. The number of hydrogen-bond donors (Lipinski definition) is 0. The van der Waals surface area contributed by atoms with Crippen LogP contribution in [0.2, 0.25) is 0 Å². The molecule has 2 nitrogen and oxygen atoms in total. The van der Waals surface area contributed by atoms with Crippen LogP contribution in [0.1, 0.15) is 32.3 Å². The van der Waals surface area contributed by atoms with Crippen LogP contribution in [0.3, 0.4) is 0 Å². The van der Waals surface area contributed by atoms with Gasteiger partial charge in [-0.15, -0.1) is 0 Å². The fraction of sp³-hybridized carbons (Fsp3) is 0.167. The van der Waals surface area contributed by atoms with Gasteiger partial charge in [-0.2, -0.15) is 13.2 Å². The third-order valence-corrected chi connectivity index (χ3v) is 2.86. The normalized spacial score (nSPS) is 20.7. The number of hydrogen-bond acceptors (Lipinski definition) is 2. The average molecular weight is 328 g/mol. The van der Waals surface area contributed by atoms with Crippen molar-refractivity contribution in [1.29, 1.82) is 0 Å². The Kier molecular flexibility index (Phi) is 1.78. The van der Waals surface area contributed by atoms with Crippen LogP contribution in [-0.2, 0) is 9.53 Å². The smallest absolute Gasteiger partial charge is 0.429 e. The van der Waals surface area contributed by atoms with Crippen molar-refractivity contribution in [2.24, 2.45) is 0 Å². The molecular weight excluding hydrogens is 305 g/mol. The van der Waals surface area contributed by atoms with E-state index in [0.29, 0.717) is 6.92 Å². The SMILES string of the molecule is [2H]c1c([2H])c([2H])c2c([C@]([2H])(OC(C)=O)C(F)(F)F)c3c([2H])c([2H])c([2H])c([2H])c3c([2H])c2c1[2H]. The third kappa shape index (κ3) is 2.86. The molecule has 0 amide bonds. The lowest BCUT2D eigenvalue weighted by molar-refractivity contribution is -0.222. The van der Waals surface area contributed by atoms with Gasteiger partial charge in [-0.25, -0.2) is 0 Å². The van der Waals surface area contributed by atoms with Gasteiger partial charge in [-0.1, -0.05) is 48.3 Å². The lowest BCUT2D eigenvalue weighted by atomic mass is 9.93. The lowest BCUT2D eigenvalue weighted by Crippen LogP contribution is -2.25. The Balaban J connectivity index is 2.92. The predicted octanol–water partition coefficient (Wildman–Crippen LogP) is 5.16. The second-order valence-corrected chi connectivity index (χ2v) is 4.42. The van der Waals surface area contributed by atoms with Crippen LogP contribution in [0.25, 0.3) is 21.5 Å². The van der Waals surface area contributed by atoms with E-state index in [0.717, 1.165) is 0 Å². The molecule has 3 aromatic carbocycles. The van der Waals surface area contributed by atoms with Crippen LogP contribution in [-0.4, -0.2) is 12.1 Å². The van der Waals surface area contributed by atoms with Crippen molar-refractivity contribution >= 4 is 27.5 Å². The Bertz CT molecular complexity index is 1290. The van der Waals surface area contributed by atoms with Crippen LogP contribution < -0.4 is 0 Å². The summed E-state index contributed by atoms with van der Waals surface area (Å²) >= 11 is 0. The second-order valence-electron chi connectivity index (χ2n) is 4.42. The van der Waals surface area contributed by atoms with Gasteiger partial charge in [0, 0.05) is 12.5 Å². The summed E-state index contributed by atoms with van der Waals surface area (Å²) < 4.78 is 127. The number of ether oxygens (including phenoxy) is 1. The Morgan fingerprint density at radius 2 is 1.57 bits per heavy atom. The highest BCUT2D eigenvalue weighted by Gasteiger charge is 2.45. The van der Waals surface area contributed by atoms with Gasteiger partial charge < -0.3 is 4.74 Å². The van der Waals surface area contributed by atoms with E-state index < -0.39 is 99.7 Å². The Morgan fingerprint density at radius 3 is 2.00 bits per heavy atom. The van der Waals surface area contributed by atoms with Gasteiger partial charge in [-0.05, 0) is 27.6 Å². The molecule has 0 fully saturated rings. The van der Waals surface area contributed by atoms with E-state index in [1.165, 1.54) is 0 Å². The maximum Gasteiger partial charge on any atom is 0.429 e. The topological polar surface area (TPSA) is 26.3 Å². The monoisotopic (exact) mass is 328 g/mol. The van der Waals surface area contributed by atoms with Crippen LogP contribution >= 0.6 is 0 Å². The first-order chi connectivity index (χ1) is 15.0. The predicted molar refractivity (Wildman–Crippen MR) is 82.0 cm³/mol. The number of carbonyl (C=O) groups excluding carboxylic acids is 1. The van der Waals surface area contributed by atoms with E-state index in [1.807, 2.05) is 0 Å². The fourth-order valence-corrected chi connectivity index (χ4v) is 2.06. The summed E-state index contributed by atoms with van der Waals surface area (Å²) in [5.74, 6) is -1.58. The van der Waals surface area contributed by atoms with E-state index in [2.05, 4.69) is 4.74 Å². The zero-order chi connectivity index (χ0) is 25.4. The number of benzene rings is 3. The van der Waals surface area contributed by atoms with Crippen LogP contribution in [0.15, 0.2) is 54.4 Å². The summed E-state index contributed by atoms with van der Waals surface area (Å²) in [6.45, 7) is 0.572.